The van der Waals surface area contributed by atoms with Crippen LogP contribution < -0.4 is 16.0 Å². The van der Waals surface area contributed by atoms with Gasteiger partial charge in [0.2, 0.25) is 5.95 Å². The Kier molecular flexibility index (Phi) is 8.79. The van der Waals surface area contributed by atoms with Crippen molar-refractivity contribution in [1.29, 1.82) is 0 Å². The number of aromatic nitrogens is 4. The molecule has 1 aliphatic carbocycles. The SMILES string of the molecule is C#CCn1ncc2cc(C)c(Nc3ncc(C(=O)NCCO[Si](C)(C)C(C)(C)C)c(N[C@H]4c5ccccc5C[C@H]4O)n3)cc21. The smallest absolute Gasteiger partial charge is 0.256 e. The molecule has 0 unspecified atom stereocenters. The minimum absolute atomic E-state index is 0.0764. The summed E-state index contributed by atoms with van der Waals surface area (Å²) in [7, 11) is -1.94. The third-order valence-electron chi connectivity index (χ3n) is 8.66. The molecule has 2 atom stereocenters. The number of nitrogens with one attached hydrogen (secondary N) is 3. The predicted octanol–water partition coefficient (Wildman–Crippen LogP) is 5.33. The highest BCUT2D eigenvalue weighted by molar-refractivity contribution is 6.74. The Morgan fingerprint density at radius 2 is 2.00 bits per heavy atom. The number of aliphatic hydroxyl groups is 1. The van der Waals surface area contributed by atoms with Gasteiger partial charge in [-0.2, -0.15) is 10.1 Å². The first-order chi connectivity index (χ1) is 20.9. The highest BCUT2D eigenvalue weighted by Gasteiger charge is 2.37. The lowest BCUT2D eigenvalue weighted by molar-refractivity contribution is 0.0945. The summed E-state index contributed by atoms with van der Waals surface area (Å²) in [6, 6.07) is 11.4. The molecule has 4 aromatic rings. The van der Waals surface area contributed by atoms with Crippen LogP contribution >= 0.6 is 0 Å². The van der Waals surface area contributed by atoms with Gasteiger partial charge in [0.25, 0.3) is 5.91 Å². The molecule has 44 heavy (non-hydrogen) atoms. The molecule has 4 N–H and O–H groups in total. The summed E-state index contributed by atoms with van der Waals surface area (Å²) in [5, 5.41) is 26.0. The number of rotatable bonds is 10. The van der Waals surface area contributed by atoms with Gasteiger partial charge in [-0.25, -0.2) is 4.98 Å². The topological polar surface area (TPSA) is 126 Å². The molecule has 2 aromatic carbocycles. The highest BCUT2D eigenvalue weighted by atomic mass is 28.4. The fourth-order valence-electron chi connectivity index (χ4n) is 5.10. The lowest BCUT2D eigenvalue weighted by atomic mass is 10.1. The molecule has 0 saturated carbocycles. The van der Waals surface area contributed by atoms with Crippen molar-refractivity contribution in [3.63, 3.8) is 0 Å². The second-order valence-corrected chi connectivity index (χ2v) is 17.6. The number of aliphatic hydroxyl groups excluding tert-OH is 1. The Labute approximate surface area is 259 Å². The van der Waals surface area contributed by atoms with Crippen LogP contribution in [0.15, 0.2) is 48.8 Å². The van der Waals surface area contributed by atoms with Gasteiger partial charge in [-0.3, -0.25) is 9.48 Å². The first kappa shape index (κ1) is 31.2. The van der Waals surface area contributed by atoms with Crippen LogP contribution in [0.5, 0.6) is 0 Å². The molecular formula is C33H41N7O3Si. The molecular weight excluding hydrogens is 570 g/mol. The molecule has 1 amide bonds. The highest BCUT2D eigenvalue weighted by Crippen LogP contribution is 2.37. The summed E-state index contributed by atoms with van der Waals surface area (Å²) in [4.78, 5) is 22.7. The van der Waals surface area contributed by atoms with Crippen molar-refractivity contribution >= 4 is 42.6 Å². The number of terminal acetylenes is 1. The van der Waals surface area contributed by atoms with E-state index in [-0.39, 0.29) is 16.5 Å². The summed E-state index contributed by atoms with van der Waals surface area (Å²) >= 11 is 0. The summed E-state index contributed by atoms with van der Waals surface area (Å²) < 4.78 is 7.99. The maximum atomic E-state index is 13.4. The number of nitrogens with zero attached hydrogens (tertiary/aromatic N) is 4. The van der Waals surface area contributed by atoms with E-state index in [9.17, 15) is 9.90 Å². The molecule has 2 aromatic heterocycles. The molecule has 5 rings (SSSR count). The third kappa shape index (κ3) is 6.48. The fraction of sp³-hybridized carbons (Fsp3) is 0.394. The average molecular weight is 612 g/mol. The molecule has 1 aliphatic rings. The van der Waals surface area contributed by atoms with Crippen molar-refractivity contribution in [3.05, 3.63) is 71.0 Å². The van der Waals surface area contributed by atoms with E-state index >= 15 is 0 Å². The Morgan fingerprint density at radius 1 is 1.23 bits per heavy atom. The number of hydrogen-bond donors (Lipinski definition) is 4. The van der Waals surface area contributed by atoms with E-state index in [2.05, 4.69) is 65.8 Å². The van der Waals surface area contributed by atoms with Crippen molar-refractivity contribution in [2.75, 3.05) is 23.8 Å². The van der Waals surface area contributed by atoms with Gasteiger partial charge in [0, 0.05) is 30.2 Å². The van der Waals surface area contributed by atoms with Gasteiger partial charge in [0.1, 0.15) is 17.9 Å². The molecule has 230 valence electrons. The van der Waals surface area contributed by atoms with Gasteiger partial charge in [0.15, 0.2) is 8.32 Å². The number of aryl methyl sites for hydroxylation is 1. The van der Waals surface area contributed by atoms with E-state index < -0.39 is 20.5 Å². The van der Waals surface area contributed by atoms with Gasteiger partial charge in [-0.05, 0) is 53.9 Å². The Hall–Kier alpha value is -4.24. The fourth-order valence-corrected chi connectivity index (χ4v) is 6.15. The largest absolute Gasteiger partial charge is 0.415 e. The number of fused-ring (bicyclic) bond motifs is 2. The van der Waals surface area contributed by atoms with E-state index in [1.807, 2.05) is 43.3 Å². The Balaban J connectivity index is 1.41. The number of carbonyl (C=O) groups is 1. The monoisotopic (exact) mass is 611 g/mol. The lowest BCUT2D eigenvalue weighted by Gasteiger charge is -2.36. The van der Waals surface area contributed by atoms with Crippen LogP contribution in [0.25, 0.3) is 10.9 Å². The molecule has 0 fully saturated rings. The van der Waals surface area contributed by atoms with Crippen LogP contribution in [0.3, 0.4) is 0 Å². The quantitative estimate of drug-likeness (QED) is 0.108. The van der Waals surface area contributed by atoms with Crippen molar-refractivity contribution in [2.45, 2.75) is 70.9 Å². The number of hydrogen-bond acceptors (Lipinski definition) is 8. The first-order valence-electron chi connectivity index (χ1n) is 14.9. The normalized spacial score (nSPS) is 16.4. The van der Waals surface area contributed by atoms with E-state index in [0.29, 0.717) is 37.9 Å². The van der Waals surface area contributed by atoms with Crippen LogP contribution in [-0.4, -0.2) is 58.3 Å². The number of anilines is 3. The summed E-state index contributed by atoms with van der Waals surface area (Å²) in [6.07, 6.45) is 8.67. The van der Waals surface area contributed by atoms with Gasteiger partial charge >= 0.3 is 0 Å². The van der Waals surface area contributed by atoms with Gasteiger partial charge in [0.05, 0.1) is 30.5 Å². The Morgan fingerprint density at radius 3 is 2.75 bits per heavy atom. The molecule has 10 nitrogen and oxygen atoms in total. The summed E-state index contributed by atoms with van der Waals surface area (Å²) in [5.74, 6) is 2.93. The molecule has 0 radical (unpaired) electrons. The van der Waals surface area contributed by atoms with Crippen LogP contribution in [0, 0.1) is 19.3 Å². The number of amides is 1. The predicted molar refractivity (Wildman–Crippen MR) is 177 cm³/mol. The van der Waals surface area contributed by atoms with Crippen molar-refractivity contribution in [2.24, 2.45) is 0 Å². The summed E-state index contributed by atoms with van der Waals surface area (Å²) in [5.41, 5.74) is 4.96. The third-order valence-corrected chi connectivity index (χ3v) is 13.2. The van der Waals surface area contributed by atoms with Crippen molar-refractivity contribution in [3.8, 4) is 12.3 Å². The molecule has 2 heterocycles. The van der Waals surface area contributed by atoms with Gasteiger partial charge < -0.3 is 25.5 Å². The molecule has 0 bridgehead atoms. The Bertz CT molecular complexity index is 1720. The standard InChI is InChI=1S/C33H41N7O3Si/c1-8-14-40-27-18-26(21(2)16-23(27)19-36-40)37-32-35-20-25(31(42)34-13-15-43-44(6,7)33(3,4)5)30(39-32)38-29-24-12-10-9-11-22(24)17-28(29)41/h1,9-12,16,18-20,28-29,41H,13-15,17H2,2-7H3,(H,34,42)(H2,35,37,38,39)/t28-,29+/m1/s1. The minimum atomic E-state index is -1.94. The van der Waals surface area contributed by atoms with E-state index in [1.165, 1.54) is 6.20 Å². The van der Waals surface area contributed by atoms with E-state index in [0.717, 1.165) is 33.3 Å². The first-order valence-corrected chi connectivity index (χ1v) is 17.8. The second kappa shape index (κ2) is 12.4. The van der Waals surface area contributed by atoms with Gasteiger partial charge in [-0.15, -0.1) is 6.42 Å². The van der Waals surface area contributed by atoms with Crippen LogP contribution in [-0.2, 0) is 17.4 Å². The number of carbonyl (C=O) groups excluding carboxylic acids is 1. The van der Waals surface area contributed by atoms with E-state index in [4.69, 9.17) is 15.8 Å². The summed E-state index contributed by atoms with van der Waals surface area (Å²) in [6.45, 7) is 14.0. The zero-order valence-corrected chi connectivity index (χ0v) is 27.2. The molecule has 0 aliphatic heterocycles. The van der Waals surface area contributed by atoms with Gasteiger partial charge in [-0.1, -0.05) is 51.0 Å². The van der Waals surface area contributed by atoms with Crippen LogP contribution in [0.2, 0.25) is 18.1 Å². The minimum Gasteiger partial charge on any atom is -0.415 e. The zero-order valence-electron chi connectivity index (χ0n) is 26.2. The van der Waals surface area contributed by atoms with Crippen molar-refractivity contribution < 1.29 is 14.3 Å². The lowest BCUT2D eigenvalue weighted by Crippen LogP contribution is -2.42. The molecule has 11 heteroatoms. The molecule has 0 spiro atoms. The second-order valence-electron chi connectivity index (χ2n) is 12.8. The van der Waals surface area contributed by atoms with Crippen LogP contribution in [0.4, 0.5) is 17.5 Å². The number of benzene rings is 2. The average Bonchev–Trinajstić information content (AvgIpc) is 3.50. The maximum absolute atomic E-state index is 13.4. The van der Waals surface area contributed by atoms with E-state index in [1.54, 1.807) is 10.9 Å². The maximum Gasteiger partial charge on any atom is 0.256 e. The molecule has 0 saturated heterocycles. The van der Waals surface area contributed by atoms with Crippen LogP contribution in [0.1, 0.15) is 53.9 Å². The zero-order chi connectivity index (χ0) is 31.6. The van der Waals surface area contributed by atoms with Crippen molar-refractivity contribution in [1.82, 2.24) is 25.1 Å².